The highest BCUT2D eigenvalue weighted by Gasteiger charge is 2.13. The lowest BCUT2D eigenvalue weighted by atomic mass is 10.2. The van der Waals surface area contributed by atoms with Crippen molar-refractivity contribution >= 4 is 17.4 Å². The Morgan fingerprint density at radius 2 is 2.05 bits per heavy atom. The summed E-state index contributed by atoms with van der Waals surface area (Å²) in [4.78, 5) is 19.4. The van der Waals surface area contributed by atoms with E-state index in [1.165, 1.54) is 10.6 Å². The smallest absolute Gasteiger partial charge is 0.356 e. The Kier molecular flexibility index (Phi) is 2.79. The average molecular weight is 269 g/mol. The van der Waals surface area contributed by atoms with Crippen LogP contribution in [-0.2, 0) is 0 Å². The van der Waals surface area contributed by atoms with Crippen LogP contribution >= 0.6 is 0 Å². The van der Waals surface area contributed by atoms with Gasteiger partial charge in [0.25, 0.3) is 0 Å². The molecule has 20 heavy (non-hydrogen) atoms. The van der Waals surface area contributed by atoms with Crippen molar-refractivity contribution in [3.05, 3.63) is 42.4 Å². The number of carboxylic acid groups (broad SMARTS) is 1. The molecule has 0 aliphatic carbocycles. The van der Waals surface area contributed by atoms with E-state index >= 15 is 0 Å². The van der Waals surface area contributed by atoms with Crippen molar-refractivity contribution in [3.63, 3.8) is 0 Å². The van der Waals surface area contributed by atoms with Crippen LogP contribution in [0.4, 0.5) is 5.82 Å². The van der Waals surface area contributed by atoms with E-state index in [1.54, 1.807) is 25.5 Å². The van der Waals surface area contributed by atoms with Crippen molar-refractivity contribution in [1.29, 1.82) is 0 Å². The van der Waals surface area contributed by atoms with E-state index in [-0.39, 0.29) is 5.69 Å². The Bertz CT molecular complexity index is 782. The van der Waals surface area contributed by atoms with E-state index in [2.05, 4.69) is 20.4 Å². The molecule has 0 saturated carbocycles. The van der Waals surface area contributed by atoms with Gasteiger partial charge in [-0.25, -0.2) is 9.78 Å². The standard InChI is InChI=1S/C13H11N5O2/c1-14-11-6-9(8-2-4-15-5-3-8)16-12-7-10(13(19)20)17-18(11)12/h2-7,14H,1H3,(H,19,20). The van der Waals surface area contributed by atoms with Gasteiger partial charge in [0.1, 0.15) is 5.82 Å². The van der Waals surface area contributed by atoms with Crippen molar-refractivity contribution < 1.29 is 9.90 Å². The van der Waals surface area contributed by atoms with Gasteiger partial charge < -0.3 is 10.4 Å². The maximum absolute atomic E-state index is 11.0. The molecule has 3 rings (SSSR count). The fraction of sp³-hybridized carbons (Fsp3) is 0.0769. The fourth-order valence-corrected chi connectivity index (χ4v) is 1.93. The molecule has 0 fully saturated rings. The lowest BCUT2D eigenvalue weighted by Gasteiger charge is -2.07. The third-order valence-electron chi connectivity index (χ3n) is 2.88. The second-order valence-corrected chi connectivity index (χ2v) is 4.12. The zero-order chi connectivity index (χ0) is 14.1. The lowest BCUT2D eigenvalue weighted by Crippen LogP contribution is -2.03. The number of carbonyl (C=O) groups is 1. The van der Waals surface area contributed by atoms with Crippen LogP contribution in [0, 0.1) is 0 Å². The number of fused-ring (bicyclic) bond motifs is 1. The van der Waals surface area contributed by atoms with Gasteiger partial charge in [0.2, 0.25) is 0 Å². The van der Waals surface area contributed by atoms with E-state index < -0.39 is 5.97 Å². The summed E-state index contributed by atoms with van der Waals surface area (Å²) >= 11 is 0. The van der Waals surface area contributed by atoms with E-state index in [0.717, 1.165) is 11.3 Å². The van der Waals surface area contributed by atoms with Crippen LogP contribution in [0.25, 0.3) is 16.9 Å². The van der Waals surface area contributed by atoms with Gasteiger partial charge in [0.05, 0.1) is 5.69 Å². The number of pyridine rings is 1. The Hall–Kier alpha value is -2.96. The number of hydrogen-bond donors (Lipinski definition) is 2. The largest absolute Gasteiger partial charge is 0.476 e. The zero-order valence-corrected chi connectivity index (χ0v) is 10.6. The number of carboxylic acids is 1. The van der Waals surface area contributed by atoms with Gasteiger partial charge in [-0.3, -0.25) is 4.98 Å². The first kappa shape index (κ1) is 12.1. The summed E-state index contributed by atoms with van der Waals surface area (Å²) in [5.74, 6) is -0.419. The molecule has 3 heterocycles. The summed E-state index contributed by atoms with van der Waals surface area (Å²) in [7, 11) is 1.74. The molecule has 100 valence electrons. The van der Waals surface area contributed by atoms with Crippen molar-refractivity contribution in [2.24, 2.45) is 0 Å². The summed E-state index contributed by atoms with van der Waals surface area (Å²) in [6, 6.07) is 6.92. The highest BCUT2D eigenvalue weighted by atomic mass is 16.4. The summed E-state index contributed by atoms with van der Waals surface area (Å²) in [5, 5.41) is 16.0. The molecule has 0 aliphatic heterocycles. The number of anilines is 1. The molecule has 7 heteroatoms. The fourth-order valence-electron chi connectivity index (χ4n) is 1.93. The Balaban J connectivity index is 2.24. The second kappa shape index (κ2) is 4.61. The maximum Gasteiger partial charge on any atom is 0.356 e. The van der Waals surface area contributed by atoms with Gasteiger partial charge in [-0.2, -0.15) is 9.61 Å². The molecule has 0 atom stereocenters. The number of nitrogens with zero attached hydrogens (tertiary/aromatic N) is 4. The molecular formula is C13H11N5O2. The highest BCUT2D eigenvalue weighted by Crippen LogP contribution is 2.21. The quantitative estimate of drug-likeness (QED) is 0.749. The van der Waals surface area contributed by atoms with Gasteiger partial charge >= 0.3 is 5.97 Å². The SMILES string of the molecule is CNc1cc(-c2ccncc2)nc2cc(C(=O)O)nn12. The van der Waals surface area contributed by atoms with Crippen LogP contribution in [0.5, 0.6) is 0 Å². The first-order valence-corrected chi connectivity index (χ1v) is 5.91. The summed E-state index contributed by atoms with van der Waals surface area (Å²) in [5.41, 5.74) is 2.06. The van der Waals surface area contributed by atoms with Gasteiger partial charge in [-0.15, -0.1) is 0 Å². The minimum absolute atomic E-state index is 0.0409. The third kappa shape index (κ3) is 1.95. The van der Waals surface area contributed by atoms with Gasteiger partial charge in [-0.05, 0) is 12.1 Å². The summed E-state index contributed by atoms with van der Waals surface area (Å²) in [6.07, 6.45) is 3.36. The molecule has 3 aromatic heterocycles. The molecule has 0 aromatic carbocycles. The monoisotopic (exact) mass is 269 g/mol. The Morgan fingerprint density at radius 3 is 2.70 bits per heavy atom. The van der Waals surface area contributed by atoms with Crippen molar-refractivity contribution in [2.75, 3.05) is 12.4 Å². The van der Waals surface area contributed by atoms with Gasteiger partial charge in [-0.1, -0.05) is 0 Å². The molecule has 0 radical (unpaired) electrons. The molecular weight excluding hydrogens is 258 g/mol. The number of nitrogens with one attached hydrogen (secondary N) is 1. The first-order valence-electron chi connectivity index (χ1n) is 5.91. The van der Waals surface area contributed by atoms with Crippen LogP contribution in [-0.4, -0.2) is 37.7 Å². The molecule has 7 nitrogen and oxygen atoms in total. The van der Waals surface area contributed by atoms with E-state index in [4.69, 9.17) is 5.11 Å². The molecule has 0 bridgehead atoms. The third-order valence-corrected chi connectivity index (χ3v) is 2.88. The van der Waals surface area contributed by atoms with Gasteiger partial charge in [0, 0.05) is 37.1 Å². The van der Waals surface area contributed by atoms with Crippen LogP contribution in [0.1, 0.15) is 10.5 Å². The maximum atomic E-state index is 11.0. The minimum atomic E-state index is -1.08. The predicted octanol–water partition coefficient (Wildman–Crippen LogP) is 1.53. The predicted molar refractivity (Wildman–Crippen MR) is 72.7 cm³/mol. The van der Waals surface area contributed by atoms with Crippen molar-refractivity contribution in [2.45, 2.75) is 0 Å². The molecule has 0 unspecified atom stereocenters. The number of rotatable bonds is 3. The second-order valence-electron chi connectivity index (χ2n) is 4.12. The Labute approximate surface area is 113 Å². The van der Waals surface area contributed by atoms with Gasteiger partial charge in [0.15, 0.2) is 11.3 Å². The van der Waals surface area contributed by atoms with Crippen molar-refractivity contribution in [3.8, 4) is 11.3 Å². The van der Waals surface area contributed by atoms with Crippen molar-refractivity contribution in [1.82, 2.24) is 19.6 Å². The van der Waals surface area contributed by atoms with E-state index in [1.807, 2.05) is 12.1 Å². The summed E-state index contributed by atoms with van der Waals surface area (Å²) in [6.45, 7) is 0. The molecule has 0 aliphatic rings. The van der Waals surface area contributed by atoms with Crippen LogP contribution in [0.2, 0.25) is 0 Å². The number of aromatic nitrogens is 4. The van der Waals surface area contributed by atoms with E-state index in [0.29, 0.717) is 11.5 Å². The molecule has 0 spiro atoms. The van der Waals surface area contributed by atoms with E-state index in [9.17, 15) is 4.79 Å². The average Bonchev–Trinajstić information content (AvgIpc) is 2.91. The lowest BCUT2D eigenvalue weighted by molar-refractivity contribution is 0.0690. The van der Waals surface area contributed by atoms with Crippen LogP contribution in [0.15, 0.2) is 36.7 Å². The molecule has 3 aromatic rings. The van der Waals surface area contributed by atoms with Crippen LogP contribution in [0.3, 0.4) is 0 Å². The molecule has 0 amide bonds. The highest BCUT2D eigenvalue weighted by molar-refractivity contribution is 5.87. The topological polar surface area (TPSA) is 92.4 Å². The van der Waals surface area contributed by atoms with Crippen LogP contribution < -0.4 is 5.32 Å². The number of aromatic carboxylic acids is 1. The number of hydrogen-bond acceptors (Lipinski definition) is 5. The normalized spacial score (nSPS) is 10.7. The Morgan fingerprint density at radius 1 is 1.30 bits per heavy atom. The first-order chi connectivity index (χ1) is 9.69. The minimum Gasteiger partial charge on any atom is -0.476 e. The zero-order valence-electron chi connectivity index (χ0n) is 10.6. The molecule has 0 saturated heterocycles. The summed E-state index contributed by atoms with van der Waals surface area (Å²) < 4.78 is 1.47. The molecule has 2 N–H and O–H groups in total.